The number of rotatable bonds is 2. The molecule has 1 aliphatic carbocycles. The van der Waals surface area contributed by atoms with E-state index in [0.29, 0.717) is 30.2 Å². The molecule has 1 aromatic carbocycles. The van der Waals surface area contributed by atoms with Gasteiger partial charge in [-0.1, -0.05) is 0 Å². The molecule has 0 spiro atoms. The summed E-state index contributed by atoms with van der Waals surface area (Å²) in [4.78, 5) is 8.49. The first-order valence-electron chi connectivity index (χ1n) is 7.32. The van der Waals surface area contributed by atoms with Gasteiger partial charge >= 0.3 is 0 Å². The second-order valence-electron chi connectivity index (χ2n) is 5.55. The number of halogens is 1. The molecule has 2 heterocycles. The van der Waals surface area contributed by atoms with E-state index in [0.717, 1.165) is 23.4 Å². The van der Waals surface area contributed by atoms with E-state index < -0.39 is 0 Å². The minimum atomic E-state index is -0.384. The van der Waals surface area contributed by atoms with E-state index in [9.17, 15) is 4.39 Å². The van der Waals surface area contributed by atoms with Gasteiger partial charge < -0.3 is 8.83 Å². The summed E-state index contributed by atoms with van der Waals surface area (Å²) in [5, 5.41) is 8.99. The summed E-state index contributed by atoms with van der Waals surface area (Å²) in [5.74, 6) is 1.29. The maximum Gasteiger partial charge on any atom is 0.284 e. The van der Waals surface area contributed by atoms with Crippen molar-refractivity contribution < 1.29 is 13.2 Å². The SMILES string of the molecule is N#Cc1cc(F)cc(C2CCc3oc(-c4ncco4)nc3C2)c1. The van der Waals surface area contributed by atoms with Gasteiger partial charge in [-0.3, -0.25) is 0 Å². The zero-order chi connectivity index (χ0) is 15.8. The summed E-state index contributed by atoms with van der Waals surface area (Å²) in [6, 6.07) is 6.47. The number of hydrogen-bond acceptors (Lipinski definition) is 5. The Morgan fingerprint density at radius 3 is 2.96 bits per heavy atom. The number of hydrogen-bond donors (Lipinski definition) is 0. The van der Waals surface area contributed by atoms with Crippen LogP contribution in [-0.4, -0.2) is 9.97 Å². The van der Waals surface area contributed by atoms with Gasteiger partial charge in [-0.05, 0) is 36.1 Å². The number of nitrogens with zero attached hydrogens (tertiary/aromatic N) is 3. The molecule has 1 aliphatic rings. The van der Waals surface area contributed by atoms with Crippen LogP contribution < -0.4 is 0 Å². The van der Waals surface area contributed by atoms with Crippen molar-refractivity contribution in [1.82, 2.24) is 9.97 Å². The van der Waals surface area contributed by atoms with Crippen LogP contribution >= 0.6 is 0 Å². The Bertz CT molecular complexity index is 893. The van der Waals surface area contributed by atoms with E-state index in [1.165, 1.54) is 24.6 Å². The van der Waals surface area contributed by atoms with Gasteiger partial charge in [0.1, 0.15) is 17.8 Å². The molecule has 114 valence electrons. The molecule has 0 radical (unpaired) electrons. The highest BCUT2D eigenvalue weighted by Gasteiger charge is 2.27. The van der Waals surface area contributed by atoms with Crippen LogP contribution in [0.1, 0.15) is 34.9 Å². The van der Waals surface area contributed by atoms with Crippen LogP contribution in [0.3, 0.4) is 0 Å². The van der Waals surface area contributed by atoms with Crippen molar-refractivity contribution in [2.45, 2.75) is 25.2 Å². The maximum absolute atomic E-state index is 13.6. The molecule has 5 nitrogen and oxygen atoms in total. The van der Waals surface area contributed by atoms with E-state index >= 15 is 0 Å². The Morgan fingerprint density at radius 2 is 2.17 bits per heavy atom. The summed E-state index contributed by atoms with van der Waals surface area (Å²) >= 11 is 0. The van der Waals surface area contributed by atoms with Gasteiger partial charge in [0.15, 0.2) is 0 Å². The minimum Gasteiger partial charge on any atom is -0.441 e. The summed E-state index contributed by atoms with van der Waals surface area (Å²) < 4.78 is 24.6. The van der Waals surface area contributed by atoms with E-state index in [2.05, 4.69) is 9.97 Å². The molecular weight excluding hydrogens is 297 g/mol. The van der Waals surface area contributed by atoms with E-state index in [1.807, 2.05) is 6.07 Å². The van der Waals surface area contributed by atoms with Crippen molar-refractivity contribution in [3.63, 3.8) is 0 Å². The lowest BCUT2D eigenvalue weighted by molar-refractivity contribution is 0.449. The molecule has 1 atom stereocenters. The third-order valence-corrected chi connectivity index (χ3v) is 4.07. The number of benzene rings is 1. The van der Waals surface area contributed by atoms with Crippen LogP contribution in [0.15, 0.2) is 39.5 Å². The Hall–Kier alpha value is -2.94. The summed E-state index contributed by atoms with van der Waals surface area (Å²) in [6.07, 6.45) is 5.19. The lowest BCUT2D eigenvalue weighted by atomic mass is 9.84. The molecule has 1 unspecified atom stereocenters. The van der Waals surface area contributed by atoms with E-state index in [-0.39, 0.29) is 11.7 Å². The Kier molecular flexibility index (Phi) is 3.19. The average molecular weight is 309 g/mol. The van der Waals surface area contributed by atoms with Gasteiger partial charge in [-0.15, -0.1) is 0 Å². The molecule has 0 fully saturated rings. The number of oxazole rings is 2. The molecule has 0 aliphatic heterocycles. The summed E-state index contributed by atoms with van der Waals surface area (Å²) in [7, 11) is 0. The first-order chi connectivity index (χ1) is 11.2. The van der Waals surface area contributed by atoms with Crippen molar-refractivity contribution in [1.29, 1.82) is 5.26 Å². The zero-order valence-corrected chi connectivity index (χ0v) is 12.1. The standard InChI is InChI=1S/C17H12FN3O2/c18-13-6-10(9-19)5-12(7-13)11-1-2-15-14(8-11)21-17(23-15)16-20-3-4-22-16/h3-7,11H,1-2,8H2. The Morgan fingerprint density at radius 1 is 1.26 bits per heavy atom. The molecule has 2 aromatic heterocycles. The second kappa shape index (κ2) is 5.36. The number of fused-ring (bicyclic) bond motifs is 1. The fraction of sp³-hybridized carbons (Fsp3) is 0.235. The van der Waals surface area contributed by atoms with E-state index in [1.54, 1.807) is 6.07 Å². The number of nitriles is 1. The molecule has 3 aromatic rings. The molecular formula is C17H12FN3O2. The predicted octanol–water partition coefficient (Wildman–Crippen LogP) is 3.61. The van der Waals surface area contributed by atoms with Crippen molar-refractivity contribution >= 4 is 0 Å². The van der Waals surface area contributed by atoms with Gasteiger partial charge in [0, 0.05) is 12.8 Å². The first-order valence-corrected chi connectivity index (χ1v) is 7.32. The molecule has 0 amide bonds. The van der Waals surface area contributed by atoms with Crippen LogP contribution in [-0.2, 0) is 12.8 Å². The van der Waals surface area contributed by atoms with Crippen molar-refractivity contribution in [3.05, 3.63) is 59.1 Å². The fourth-order valence-corrected chi connectivity index (χ4v) is 3.00. The monoisotopic (exact) mass is 309 g/mol. The van der Waals surface area contributed by atoms with Crippen LogP contribution in [0.25, 0.3) is 11.8 Å². The van der Waals surface area contributed by atoms with Crippen molar-refractivity contribution in [3.8, 4) is 17.9 Å². The van der Waals surface area contributed by atoms with Crippen LogP contribution in [0.5, 0.6) is 0 Å². The largest absolute Gasteiger partial charge is 0.441 e. The summed E-state index contributed by atoms with van der Waals surface area (Å²) in [6.45, 7) is 0. The van der Waals surface area contributed by atoms with Gasteiger partial charge in [0.2, 0.25) is 0 Å². The Labute approximate surface area is 131 Å². The quantitative estimate of drug-likeness (QED) is 0.722. The highest BCUT2D eigenvalue weighted by Crippen LogP contribution is 2.35. The van der Waals surface area contributed by atoms with Crippen molar-refractivity contribution in [2.24, 2.45) is 0 Å². The molecule has 4 rings (SSSR count). The number of aryl methyl sites for hydroxylation is 1. The highest BCUT2D eigenvalue weighted by molar-refractivity contribution is 5.41. The molecule has 23 heavy (non-hydrogen) atoms. The molecule has 0 bridgehead atoms. The predicted molar refractivity (Wildman–Crippen MR) is 77.9 cm³/mol. The minimum absolute atomic E-state index is 0.118. The maximum atomic E-state index is 13.6. The lowest BCUT2D eigenvalue weighted by Gasteiger charge is -2.20. The second-order valence-corrected chi connectivity index (χ2v) is 5.55. The van der Waals surface area contributed by atoms with Crippen LogP contribution in [0.4, 0.5) is 4.39 Å². The van der Waals surface area contributed by atoms with Crippen molar-refractivity contribution in [2.75, 3.05) is 0 Å². The normalized spacial score (nSPS) is 16.8. The third kappa shape index (κ3) is 2.50. The molecule has 0 N–H and O–H groups in total. The van der Waals surface area contributed by atoms with Crippen LogP contribution in [0.2, 0.25) is 0 Å². The first kappa shape index (κ1) is 13.7. The van der Waals surface area contributed by atoms with E-state index in [4.69, 9.17) is 14.1 Å². The molecule has 0 saturated heterocycles. The Balaban J connectivity index is 1.64. The van der Waals surface area contributed by atoms with Crippen LogP contribution in [0, 0.1) is 17.1 Å². The lowest BCUT2D eigenvalue weighted by Crippen LogP contribution is -2.12. The van der Waals surface area contributed by atoms with Gasteiger partial charge in [0.05, 0.1) is 23.5 Å². The molecule has 6 heteroatoms. The summed E-state index contributed by atoms with van der Waals surface area (Å²) in [5.41, 5.74) is 2.01. The smallest absolute Gasteiger partial charge is 0.284 e. The van der Waals surface area contributed by atoms with Gasteiger partial charge in [-0.25, -0.2) is 14.4 Å². The van der Waals surface area contributed by atoms with Gasteiger partial charge in [-0.2, -0.15) is 5.26 Å². The fourth-order valence-electron chi connectivity index (χ4n) is 3.00. The highest BCUT2D eigenvalue weighted by atomic mass is 19.1. The topological polar surface area (TPSA) is 75.8 Å². The third-order valence-electron chi connectivity index (χ3n) is 4.07. The average Bonchev–Trinajstić information content (AvgIpc) is 3.22. The van der Waals surface area contributed by atoms with Gasteiger partial charge in [0.25, 0.3) is 11.8 Å². The number of aromatic nitrogens is 2. The molecule has 0 saturated carbocycles. The zero-order valence-electron chi connectivity index (χ0n) is 12.1.